The van der Waals surface area contributed by atoms with Gasteiger partial charge >= 0.3 is 0 Å². The molecule has 1 N–H and O–H groups in total. The van der Waals surface area contributed by atoms with Crippen LogP contribution < -0.4 is 5.32 Å². The molecule has 0 aliphatic rings. The Morgan fingerprint density at radius 2 is 1.75 bits per heavy atom. The molecular weight excluding hydrogens is 216 g/mol. The van der Waals surface area contributed by atoms with Crippen LogP contribution in [0.15, 0.2) is 0 Å². The molecular formula is C13H30N2S. The SMILES string of the molecule is CSCCN(C)CCCCCCNC(C)C. The zero-order chi connectivity index (χ0) is 12.2. The van der Waals surface area contributed by atoms with Crippen molar-refractivity contribution < 1.29 is 0 Å². The van der Waals surface area contributed by atoms with Crippen LogP contribution in [0, 0.1) is 0 Å². The van der Waals surface area contributed by atoms with Crippen LogP contribution in [0.25, 0.3) is 0 Å². The molecule has 0 rings (SSSR count). The van der Waals surface area contributed by atoms with Crippen molar-refractivity contribution >= 4 is 11.8 Å². The molecule has 2 nitrogen and oxygen atoms in total. The van der Waals surface area contributed by atoms with E-state index in [-0.39, 0.29) is 0 Å². The van der Waals surface area contributed by atoms with Crippen LogP contribution in [0.2, 0.25) is 0 Å². The van der Waals surface area contributed by atoms with E-state index >= 15 is 0 Å². The van der Waals surface area contributed by atoms with Crippen molar-refractivity contribution in [2.75, 3.05) is 38.7 Å². The van der Waals surface area contributed by atoms with E-state index in [1.807, 2.05) is 11.8 Å². The fraction of sp³-hybridized carbons (Fsp3) is 1.00. The molecule has 0 aromatic carbocycles. The van der Waals surface area contributed by atoms with Gasteiger partial charge in [-0.1, -0.05) is 26.7 Å². The smallest absolute Gasteiger partial charge is 0.00692 e. The number of nitrogens with zero attached hydrogens (tertiary/aromatic N) is 1. The molecule has 0 saturated heterocycles. The van der Waals surface area contributed by atoms with Crippen LogP contribution in [0.4, 0.5) is 0 Å². The fourth-order valence-corrected chi connectivity index (χ4v) is 2.10. The van der Waals surface area contributed by atoms with Crippen LogP contribution in [-0.2, 0) is 0 Å². The van der Waals surface area contributed by atoms with Gasteiger partial charge in [0.05, 0.1) is 0 Å². The van der Waals surface area contributed by atoms with Crippen molar-refractivity contribution in [1.29, 1.82) is 0 Å². The standard InChI is InChI=1S/C13H30N2S/c1-13(2)14-9-7-5-6-8-10-15(3)11-12-16-4/h13-14H,5-12H2,1-4H3. The van der Waals surface area contributed by atoms with E-state index in [0.717, 1.165) is 0 Å². The number of nitrogens with one attached hydrogen (secondary N) is 1. The van der Waals surface area contributed by atoms with Gasteiger partial charge in [-0.3, -0.25) is 0 Å². The number of thioether (sulfide) groups is 1. The van der Waals surface area contributed by atoms with E-state index in [0.29, 0.717) is 6.04 Å². The Labute approximate surface area is 107 Å². The highest BCUT2D eigenvalue weighted by molar-refractivity contribution is 7.98. The van der Waals surface area contributed by atoms with Crippen molar-refractivity contribution in [1.82, 2.24) is 10.2 Å². The molecule has 0 aliphatic carbocycles. The topological polar surface area (TPSA) is 15.3 Å². The van der Waals surface area contributed by atoms with E-state index in [1.165, 1.54) is 51.1 Å². The molecule has 0 aromatic rings. The Bertz CT molecular complexity index is 140. The van der Waals surface area contributed by atoms with Gasteiger partial charge in [0.2, 0.25) is 0 Å². The van der Waals surface area contributed by atoms with E-state index in [1.54, 1.807) is 0 Å². The first kappa shape index (κ1) is 16.3. The summed E-state index contributed by atoms with van der Waals surface area (Å²) >= 11 is 1.93. The lowest BCUT2D eigenvalue weighted by molar-refractivity contribution is 0.343. The molecule has 0 fully saturated rings. The van der Waals surface area contributed by atoms with Crippen molar-refractivity contribution in [3.8, 4) is 0 Å². The van der Waals surface area contributed by atoms with Gasteiger partial charge in [-0.05, 0) is 39.2 Å². The van der Waals surface area contributed by atoms with E-state index < -0.39 is 0 Å². The highest BCUT2D eigenvalue weighted by atomic mass is 32.2. The van der Waals surface area contributed by atoms with Crippen molar-refractivity contribution in [2.45, 2.75) is 45.6 Å². The molecule has 0 spiro atoms. The Morgan fingerprint density at radius 1 is 1.06 bits per heavy atom. The second-order valence-corrected chi connectivity index (χ2v) is 5.80. The molecule has 0 bridgehead atoms. The van der Waals surface area contributed by atoms with E-state index in [9.17, 15) is 0 Å². The first-order valence-corrected chi connectivity index (χ1v) is 7.97. The largest absolute Gasteiger partial charge is 0.315 e. The summed E-state index contributed by atoms with van der Waals surface area (Å²) in [6.07, 6.45) is 7.61. The number of hydrogen-bond donors (Lipinski definition) is 1. The van der Waals surface area contributed by atoms with Gasteiger partial charge in [-0.15, -0.1) is 0 Å². The zero-order valence-corrected chi connectivity index (χ0v) is 12.4. The second kappa shape index (κ2) is 11.7. The molecule has 0 amide bonds. The minimum Gasteiger partial charge on any atom is -0.315 e. The normalized spacial score (nSPS) is 11.6. The Morgan fingerprint density at radius 3 is 2.38 bits per heavy atom. The minimum absolute atomic E-state index is 0.637. The highest BCUT2D eigenvalue weighted by Gasteiger charge is 1.97. The third-order valence-electron chi connectivity index (χ3n) is 2.70. The highest BCUT2D eigenvalue weighted by Crippen LogP contribution is 2.01. The van der Waals surface area contributed by atoms with Crippen molar-refractivity contribution in [2.24, 2.45) is 0 Å². The molecule has 0 saturated carbocycles. The summed E-state index contributed by atoms with van der Waals surface area (Å²) in [6.45, 7) is 8.09. The first-order valence-electron chi connectivity index (χ1n) is 6.57. The Balaban J connectivity index is 3.08. The van der Waals surface area contributed by atoms with Gasteiger partial charge in [0.25, 0.3) is 0 Å². The molecule has 0 unspecified atom stereocenters. The van der Waals surface area contributed by atoms with Crippen molar-refractivity contribution in [3.63, 3.8) is 0 Å². The van der Waals surface area contributed by atoms with Gasteiger partial charge in [0, 0.05) is 18.3 Å². The maximum atomic E-state index is 3.46. The average molecular weight is 246 g/mol. The molecule has 0 radical (unpaired) electrons. The zero-order valence-electron chi connectivity index (χ0n) is 11.6. The quantitative estimate of drug-likeness (QED) is 0.564. The Hall–Kier alpha value is 0.270. The molecule has 0 atom stereocenters. The van der Waals surface area contributed by atoms with Gasteiger partial charge in [-0.2, -0.15) is 11.8 Å². The number of rotatable bonds is 11. The summed E-state index contributed by atoms with van der Waals surface area (Å²) in [5.74, 6) is 1.26. The monoisotopic (exact) mass is 246 g/mol. The van der Waals surface area contributed by atoms with Crippen LogP contribution in [-0.4, -0.2) is 49.6 Å². The Kier molecular flexibility index (Phi) is 11.9. The number of hydrogen-bond acceptors (Lipinski definition) is 3. The fourth-order valence-electron chi connectivity index (χ4n) is 1.61. The lowest BCUT2D eigenvalue weighted by atomic mass is 10.2. The maximum absolute atomic E-state index is 3.46. The summed E-state index contributed by atoms with van der Waals surface area (Å²) in [7, 11) is 2.23. The maximum Gasteiger partial charge on any atom is 0.00692 e. The molecule has 0 heterocycles. The van der Waals surface area contributed by atoms with Crippen LogP contribution in [0.5, 0.6) is 0 Å². The molecule has 3 heteroatoms. The molecule has 0 aromatic heterocycles. The summed E-state index contributed by atoms with van der Waals surface area (Å²) in [5.41, 5.74) is 0. The van der Waals surface area contributed by atoms with Crippen molar-refractivity contribution in [3.05, 3.63) is 0 Å². The van der Waals surface area contributed by atoms with Crippen LogP contribution >= 0.6 is 11.8 Å². The summed E-state index contributed by atoms with van der Waals surface area (Å²) < 4.78 is 0. The molecule has 98 valence electrons. The predicted molar refractivity (Wildman–Crippen MR) is 77.5 cm³/mol. The van der Waals surface area contributed by atoms with Crippen LogP contribution in [0.1, 0.15) is 39.5 Å². The molecule has 0 aliphatic heterocycles. The summed E-state index contributed by atoms with van der Waals surface area (Å²) in [6, 6.07) is 0.637. The third kappa shape index (κ3) is 12.3. The first-order chi connectivity index (χ1) is 7.66. The summed E-state index contributed by atoms with van der Waals surface area (Å²) in [5, 5.41) is 3.46. The lowest BCUT2D eigenvalue weighted by Crippen LogP contribution is -2.24. The molecule has 16 heavy (non-hydrogen) atoms. The average Bonchev–Trinajstić information content (AvgIpc) is 2.24. The van der Waals surface area contributed by atoms with Gasteiger partial charge in [-0.25, -0.2) is 0 Å². The lowest BCUT2D eigenvalue weighted by Gasteiger charge is -2.15. The van der Waals surface area contributed by atoms with E-state index in [4.69, 9.17) is 0 Å². The van der Waals surface area contributed by atoms with Gasteiger partial charge in [0.1, 0.15) is 0 Å². The second-order valence-electron chi connectivity index (χ2n) is 4.82. The predicted octanol–water partition coefficient (Wildman–Crippen LogP) is 2.84. The van der Waals surface area contributed by atoms with E-state index in [2.05, 4.69) is 37.4 Å². The summed E-state index contributed by atoms with van der Waals surface area (Å²) in [4.78, 5) is 2.45. The third-order valence-corrected chi connectivity index (χ3v) is 3.29. The van der Waals surface area contributed by atoms with Gasteiger partial charge in [0.15, 0.2) is 0 Å². The van der Waals surface area contributed by atoms with Crippen LogP contribution in [0.3, 0.4) is 0 Å². The minimum atomic E-state index is 0.637. The van der Waals surface area contributed by atoms with Gasteiger partial charge < -0.3 is 10.2 Å². The number of unbranched alkanes of at least 4 members (excludes halogenated alkanes) is 3.